The standard InChI is InChI=1S/C27H28N4O2S/c1-16(24-11-12-25(34-24)18-7-9-19(10-8-18)27(3,4)15-28)29-26-20-13-22(32-5)23(33-6)14-21(20)30-17(2)31-26/h7-14,16H,1-6H3,(H,29,30,31). The van der Waals surface area contributed by atoms with Crippen molar-refractivity contribution in [2.24, 2.45) is 0 Å². The number of methoxy groups -OCH3 is 2. The number of nitrogens with zero attached hydrogens (tertiary/aromatic N) is 3. The first-order chi connectivity index (χ1) is 16.2. The molecule has 6 nitrogen and oxygen atoms in total. The first-order valence-corrected chi connectivity index (χ1v) is 11.9. The normalized spacial score (nSPS) is 12.3. The molecule has 7 heteroatoms. The summed E-state index contributed by atoms with van der Waals surface area (Å²) < 4.78 is 10.9. The number of anilines is 1. The first kappa shape index (κ1) is 23.5. The number of fused-ring (bicyclic) bond motifs is 1. The van der Waals surface area contributed by atoms with E-state index in [4.69, 9.17) is 9.47 Å². The number of hydrogen-bond acceptors (Lipinski definition) is 7. The number of nitriles is 1. The minimum absolute atomic E-state index is 0.0427. The second-order valence-corrected chi connectivity index (χ2v) is 9.84. The minimum Gasteiger partial charge on any atom is -0.493 e. The summed E-state index contributed by atoms with van der Waals surface area (Å²) >= 11 is 1.74. The van der Waals surface area contributed by atoms with E-state index in [9.17, 15) is 5.26 Å². The molecule has 0 radical (unpaired) electrons. The summed E-state index contributed by atoms with van der Waals surface area (Å²) in [6, 6.07) is 18.7. The predicted molar refractivity (Wildman–Crippen MR) is 138 cm³/mol. The number of aryl methyl sites for hydroxylation is 1. The molecule has 2 heterocycles. The van der Waals surface area contributed by atoms with Gasteiger partial charge >= 0.3 is 0 Å². The number of hydrogen-bond donors (Lipinski definition) is 1. The summed E-state index contributed by atoms with van der Waals surface area (Å²) in [5.74, 6) is 2.72. The summed E-state index contributed by atoms with van der Waals surface area (Å²) in [5, 5.41) is 13.8. The number of thiophene rings is 1. The van der Waals surface area contributed by atoms with Crippen molar-refractivity contribution in [3.05, 3.63) is 64.8 Å². The van der Waals surface area contributed by atoms with Crippen molar-refractivity contribution in [2.75, 3.05) is 19.5 Å². The lowest BCUT2D eigenvalue weighted by molar-refractivity contribution is 0.356. The molecule has 2 aromatic heterocycles. The molecule has 2 aromatic carbocycles. The highest BCUT2D eigenvalue weighted by Crippen LogP contribution is 2.37. The number of rotatable bonds is 7. The SMILES string of the molecule is COc1cc2nc(C)nc(NC(C)c3ccc(-c4ccc(C(C)(C)C#N)cc4)s3)c2cc1OC. The molecule has 0 aliphatic rings. The van der Waals surface area contributed by atoms with Crippen molar-refractivity contribution in [1.29, 1.82) is 5.26 Å². The van der Waals surface area contributed by atoms with Crippen LogP contribution in [0.4, 0.5) is 5.82 Å². The third kappa shape index (κ3) is 4.55. The third-order valence-corrected chi connectivity index (χ3v) is 7.21. The molecule has 0 spiro atoms. The van der Waals surface area contributed by atoms with Crippen LogP contribution in [-0.2, 0) is 5.41 Å². The van der Waals surface area contributed by atoms with E-state index in [0.29, 0.717) is 17.3 Å². The van der Waals surface area contributed by atoms with Gasteiger partial charge in [-0.05, 0) is 57.0 Å². The summed E-state index contributed by atoms with van der Waals surface area (Å²) in [4.78, 5) is 11.6. The summed E-state index contributed by atoms with van der Waals surface area (Å²) in [5.41, 5.74) is 2.46. The average molecular weight is 473 g/mol. The number of benzene rings is 2. The topological polar surface area (TPSA) is 80.1 Å². The highest BCUT2D eigenvalue weighted by molar-refractivity contribution is 7.15. The smallest absolute Gasteiger partial charge is 0.162 e. The van der Waals surface area contributed by atoms with Gasteiger partial charge in [0.2, 0.25) is 0 Å². The molecular formula is C27H28N4O2S. The summed E-state index contributed by atoms with van der Waals surface area (Å²) in [6.45, 7) is 7.87. The molecule has 0 saturated carbocycles. The maximum absolute atomic E-state index is 9.38. The summed E-state index contributed by atoms with van der Waals surface area (Å²) in [6.07, 6.45) is 0. The number of ether oxygens (including phenoxy) is 2. The summed E-state index contributed by atoms with van der Waals surface area (Å²) in [7, 11) is 3.24. The van der Waals surface area contributed by atoms with Crippen LogP contribution in [0, 0.1) is 18.3 Å². The fraction of sp³-hybridized carbons (Fsp3) is 0.296. The number of nitrogens with one attached hydrogen (secondary N) is 1. The molecule has 0 bridgehead atoms. The Morgan fingerprint density at radius 2 is 1.68 bits per heavy atom. The van der Waals surface area contributed by atoms with Crippen LogP contribution in [0.1, 0.15) is 43.1 Å². The lowest BCUT2D eigenvalue weighted by Gasteiger charge is -2.17. The average Bonchev–Trinajstić information content (AvgIpc) is 3.34. The highest BCUT2D eigenvalue weighted by Gasteiger charge is 2.20. The Kier molecular flexibility index (Phi) is 6.45. The second kappa shape index (κ2) is 9.32. The zero-order valence-corrected chi connectivity index (χ0v) is 21.1. The molecule has 4 aromatic rings. The molecule has 4 rings (SSSR count). The molecule has 1 N–H and O–H groups in total. The third-order valence-electron chi connectivity index (χ3n) is 5.89. The molecule has 0 aliphatic carbocycles. The Morgan fingerprint density at radius 1 is 1.00 bits per heavy atom. The Hall–Kier alpha value is -3.63. The van der Waals surface area contributed by atoms with Crippen LogP contribution in [0.3, 0.4) is 0 Å². The van der Waals surface area contributed by atoms with Crippen LogP contribution < -0.4 is 14.8 Å². The fourth-order valence-electron chi connectivity index (χ4n) is 3.81. The zero-order valence-electron chi connectivity index (χ0n) is 20.3. The van der Waals surface area contributed by atoms with Gasteiger partial charge in [0.15, 0.2) is 11.5 Å². The van der Waals surface area contributed by atoms with E-state index >= 15 is 0 Å². The van der Waals surface area contributed by atoms with Gasteiger partial charge in [0.05, 0.1) is 37.3 Å². The van der Waals surface area contributed by atoms with Gasteiger partial charge in [0, 0.05) is 21.2 Å². The van der Waals surface area contributed by atoms with E-state index in [1.807, 2.05) is 45.0 Å². The van der Waals surface area contributed by atoms with Gasteiger partial charge in [0.25, 0.3) is 0 Å². The Balaban J connectivity index is 1.61. The number of aromatic nitrogens is 2. The molecule has 174 valence electrons. The van der Waals surface area contributed by atoms with Gasteiger partial charge in [-0.2, -0.15) is 5.26 Å². The van der Waals surface area contributed by atoms with Crippen LogP contribution in [0.25, 0.3) is 21.3 Å². The van der Waals surface area contributed by atoms with Crippen LogP contribution >= 0.6 is 11.3 Å². The molecular weight excluding hydrogens is 444 g/mol. The molecule has 0 fully saturated rings. The van der Waals surface area contributed by atoms with Gasteiger partial charge < -0.3 is 14.8 Å². The second-order valence-electron chi connectivity index (χ2n) is 8.73. The first-order valence-electron chi connectivity index (χ1n) is 11.0. The van der Waals surface area contributed by atoms with Crippen LogP contribution in [0.15, 0.2) is 48.5 Å². The van der Waals surface area contributed by atoms with Gasteiger partial charge in [-0.3, -0.25) is 0 Å². The van der Waals surface area contributed by atoms with E-state index in [1.54, 1.807) is 25.6 Å². The van der Waals surface area contributed by atoms with Crippen molar-refractivity contribution < 1.29 is 9.47 Å². The molecule has 1 atom stereocenters. The largest absolute Gasteiger partial charge is 0.493 e. The van der Waals surface area contributed by atoms with Crippen molar-refractivity contribution >= 4 is 28.1 Å². The fourth-order valence-corrected chi connectivity index (χ4v) is 4.83. The quantitative estimate of drug-likeness (QED) is 0.324. The van der Waals surface area contributed by atoms with Gasteiger partial charge in [-0.15, -0.1) is 11.3 Å². The molecule has 34 heavy (non-hydrogen) atoms. The lowest BCUT2D eigenvalue weighted by Crippen LogP contribution is -2.13. The van der Waals surface area contributed by atoms with E-state index in [-0.39, 0.29) is 6.04 Å². The Labute approximate surface area is 204 Å². The monoisotopic (exact) mass is 472 g/mol. The van der Waals surface area contributed by atoms with Crippen LogP contribution in [-0.4, -0.2) is 24.2 Å². The Morgan fingerprint density at radius 3 is 2.32 bits per heavy atom. The van der Waals surface area contributed by atoms with E-state index in [0.717, 1.165) is 27.8 Å². The van der Waals surface area contributed by atoms with Crippen molar-refractivity contribution in [2.45, 2.75) is 39.2 Å². The zero-order chi connectivity index (χ0) is 24.5. The molecule has 0 saturated heterocycles. The molecule has 1 unspecified atom stereocenters. The van der Waals surface area contributed by atoms with Gasteiger partial charge in [0.1, 0.15) is 11.6 Å². The van der Waals surface area contributed by atoms with Crippen molar-refractivity contribution in [1.82, 2.24) is 9.97 Å². The maximum atomic E-state index is 9.38. The van der Waals surface area contributed by atoms with Crippen molar-refractivity contribution in [3.8, 4) is 28.0 Å². The van der Waals surface area contributed by atoms with Gasteiger partial charge in [-0.25, -0.2) is 9.97 Å². The van der Waals surface area contributed by atoms with E-state index in [1.165, 1.54) is 9.75 Å². The molecule has 0 aliphatic heterocycles. The predicted octanol–water partition coefficient (Wildman–Crippen LogP) is 6.66. The lowest BCUT2D eigenvalue weighted by atomic mass is 9.86. The van der Waals surface area contributed by atoms with Crippen LogP contribution in [0.5, 0.6) is 11.5 Å². The molecule has 0 amide bonds. The van der Waals surface area contributed by atoms with E-state index in [2.05, 4.69) is 52.5 Å². The van der Waals surface area contributed by atoms with Gasteiger partial charge in [-0.1, -0.05) is 24.3 Å². The van der Waals surface area contributed by atoms with E-state index < -0.39 is 5.41 Å². The van der Waals surface area contributed by atoms with Crippen molar-refractivity contribution in [3.63, 3.8) is 0 Å². The minimum atomic E-state index is -0.497. The van der Waals surface area contributed by atoms with Crippen LogP contribution in [0.2, 0.25) is 0 Å². The maximum Gasteiger partial charge on any atom is 0.162 e. The highest BCUT2D eigenvalue weighted by atomic mass is 32.1. The Bertz CT molecular complexity index is 1370.